The summed E-state index contributed by atoms with van der Waals surface area (Å²) < 4.78 is 0. The largest absolute Gasteiger partial charge is 0.507 e. The van der Waals surface area contributed by atoms with E-state index in [4.69, 9.17) is 0 Å². The zero-order valence-electron chi connectivity index (χ0n) is 14.5. The molecule has 0 fully saturated rings. The van der Waals surface area contributed by atoms with Gasteiger partial charge in [-0.1, -0.05) is 103 Å². The average molecular weight is 336 g/mol. The summed E-state index contributed by atoms with van der Waals surface area (Å²) in [5, 5.41) is 11.2. The van der Waals surface area contributed by atoms with Gasteiger partial charge in [-0.05, 0) is 28.7 Å². The lowest BCUT2D eigenvalue weighted by molar-refractivity contribution is 0.479. The number of phenolic OH excluding ortho intramolecular Hbond substituents is 1. The van der Waals surface area contributed by atoms with Gasteiger partial charge in [-0.2, -0.15) is 0 Å². The Hall–Kier alpha value is -3.32. The van der Waals surface area contributed by atoms with E-state index in [2.05, 4.69) is 42.5 Å². The van der Waals surface area contributed by atoms with E-state index in [9.17, 15) is 5.11 Å². The van der Waals surface area contributed by atoms with Crippen LogP contribution in [-0.4, -0.2) is 5.11 Å². The maximum Gasteiger partial charge on any atom is 0.131 e. The standard InChI is InChI=1S/C25H20O/c26-25-23(20-12-6-2-7-13-20)17-16-22(18-19-10-4-1-5-11-19)24(25)21-14-8-3-9-15-21/h1-17,26H,18H2. The number of rotatable bonds is 4. The van der Waals surface area contributed by atoms with E-state index < -0.39 is 0 Å². The molecule has 0 aliphatic carbocycles. The Kier molecular flexibility index (Phi) is 4.53. The fourth-order valence-electron chi connectivity index (χ4n) is 3.37. The van der Waals surface area contributed by atoms with Crippen molar-refractivity contribution in [2.24, 2.45) is 0 Å². The third-order valence-electron chi connectivity index (χ3n) is 4.65. The summed E-state index contributed by atoms with van der Waals surface area (Å²) in [4.78, 5) is 0. The molecule has 0 aliphatic rings. The molecule has 26 heavy (non-hydrogen) atoms. The van der Waals surface area contributed by atoms with Crippen LogP contribution in [0.2, 0.25) is 0 Å². The number of phenols is 1. The minimum atomic E-state index is 0.343. The highest BCUT2D eigenvalue weighted by molar-refractivity contribution is 5.84. The molecule has 0 unspecified atom stereocenters. The molecule has 0 aromatic heterocycles. The van der Waals surface area contributed by atoms with Crippen LogP contribution in [0.3, 0.4) is 0 Å². The van der Waals surface area contributed by atoms with Crippen LogP contribution in [0.15, 0.2) is 103 Å². The quantitative estimate of drug-likeness (QED) is 0.462. The fraction of sp³-hybridized carbons (Fsp3) is 0.0400. The predicted molar refractivity (Wildman–Crippen MR) is 108 cm³/mol. The highest BCUT2D eigenvalue weighted by atomic mass is 16.3. The molecule has 126 valence electrons. The number of aromatic hydroxyl groups is 1. The van der Waals surface area contributed by atoms with Crippen molar-refractivity contribution in [3.63, 3.8) is 0 Å². The number of hydrogen-bond donors (Lipinski definition) is 1. The van der Waals surface area contributed by atoms with Crippen molar-refractivity contribution in [1.82, 2.24) is 0 Å². The van der Waals surface area contributed by atoms with Gasteiger partial charge in [0.25, 0.3) is 0 Å². The average Bonchev–Trinajstić information content (AvgIpc) is 2.70. The third kappa shape index (κ3) is 3.25. The van der Waals surface area contributed by atoms with Crippen LogP contribution in [0.4, 0.5) is 0 Å². The Morgan fingerprint density at radius 1 is 0.538 bits per heavy atom. The molecule has 1 heteroatoms. The molecule has 0 saturated heterocycles. The van der Waals surface area contributed by atoms with Gasteiger partial charge in [0, 0.05) is 11.1 Å². The second-order valence-electron chi connectivity index (χ2n) is 6.39. The first kappa shape index (κ1) is 16.2. The summed E-state index contributed by atoms with van der Waals surface area (Å²) in [6.45, 7) is 0. The minimum absolute atomic E-state index is 0.343. The van der Waals surface area contributed by atoms with Crippen molar-refractivity contribution < 1.29 is 5.11 Å². The van der Waals surface area contributed by atoms with Crippen LogP contribution in [-0.2, 0) is 6.42 Å². The number of benzene rings is 4. The van der Waals surface area contributed by atoms with Crippen molar-refractivity contribution in [3.8, 4) is 28.0 Å². The van der Waals surface area contributed by atoms with E-state index in [-0.39, 0.29) is 0 Å². The molecule has 1 N–H and O–H groups in total. The van der Waals surface area contributed by atoms with Crippen LogP contribution in [0.5, 0.6) is 5.75 Å². The van der Waals surface area contributed by atoms with Gasteiger partial charge in [0.15, 0.2) is 0 Å². The predicted octanol–water partition coefficient (Wildman–Crippen LogP) is 6.32. The van der Waals surface area contributed by atoms with E-state index in [1.807, 2.05) is 60.7 Å². The Balaban J connectivity index is 1.88. The van der Waals surface area contributed by atoms with Crippen molar-refractivity contribution in [1.29, 1.82) is 0 Å². The molecule has 0 radical (unpaired) electrons. The first-order valence-corrected chi connectivity index (χ1v) is 8.82. The van der Waals surface area contributed by atoms with Crippen LogP contribution >= 0.6 is 0 Å². The Bertz CT molecular complexity index is 990. The van der Waals surface area contributed by atoms with E-state index in [1.54, 1.807) is 0 Å². The van der Waals surface area contributed by atoms with E-state index in [1.165, 1.54) is 5.56 Å². The molecule has 4 rings (SSSR count). The maximum atomic E-state index is 11.2. The summed E-state index contributed by atoms with van der Waals surface area (Å²) >= 11 is 0. The molecule has 0 amide bonds. The molecule has 0 atom stereocenters. The van der Waals surface area contributed by atoms with Crippen molar-refractivity contribution in [2.45, 2.75) is 6.42 Å². The van der Waals surface area contributed by atoms with Crippen molar-refractivity contribution in [2.75, 3.05) is 0 Å². The monoisotopic (exact) mass is 336 g/mol. The number of hydrogen-bond acceptors (Lipinski definition) is 1. The first-order chi connectivity index (χ1) is 12.8. The molecule has 0 aliphatic heterocycles. The Morgan fingerprint density at radius 2 is 1.08 bits per heavy atom. The topological polar surface area (TPSA) is 20.2 Å². The molecule has 1 nitrogen and oxygen atoms in total. The van der Waals surface area contributed by atoms with E-state index in [0.29, 0.717) is 5.75 Å². The molecule has 4 aromatic carbocycles. The first-order valence-electron chi connectivity index (χ1n) is 8.82. The van der Waals surface area contributed by atoms with Crippen LogP contribution in [0.25, 0.3) is 22.3 Å². The zero-order valence-corrected chi connectivity index (χ0v) is 14.5. The normalized spacial score (nSPS) is 10.6. The maximum absolute atomic E-state index is 11.2. The molecule has 0 saturated carbocycles. The highest BCUT2D eigenvalue weighted by Crippen LogP contribution is 2.41. The molecule has 0 bridgehead atoms. The molecular weight excluding hydrogens is 316 g/mol. The summed E-state index contributed by atoms with van der Waals surface area (Å²) in [6.07, 6.45) is 0.785. The molecule has 4 aromatic rings. The van der Waals surface area contributed by atoms with Gasteiger partial charge in [-0.3, -0.25) is 0 Å². The highest BCUT2D eigenvalue weighted by Gasteiger charge is 2.15. The summed E-state index contributed by atoms with van der Waals surface area (Å²) in [7, 11) is 0. The summed E-state index contributed by atoms with van der Waals surface area (Å²) in [6, 6.07) is 34.7. The smallest absolute Gasteiger partial charge is 0.131 e. The van der Waals surface area contributed by atoms with Gasteiger partial charge in [0.1, 0.15) is 5.75 Å². The lowest BCUT2D eigenvalue weighted by atomic mass is 9.90. The van der Waals surface area contributed by atoms with Gasteiger partial charge in [0.2, 0.25) is 0 Å². The molecule has 0 heterocycles. The van der Waals surface area contributed by atoms with Gasteiger partial charge in [0.05, 0.1) is 0 Å². The lowest BCUT2D eigenvalue weighted by Gasteiger charge is -2.16. The van der Waals surface area contributed by atoms with Crippen molar-refractivity contribution in [3.05, 3.63) is 114 Å². The van der Waals surface area contributed by atoms with Crippen LogP contribution < -0.4 is 0 Å². The summed E-state index contributed by atoms with van der Waals surface area (Å²) in [5.74, 6) is 0.343. The van der Waals surface area contributed by atoms with Gasteiger partial charge >= 0.3 is 0 Å². The summed E-state index contributed by atoms with van der Waals surface area (Å²) in [5.41, 5.74) is 6.19. The lowest BCUT2D eigenvalue weighted by Crippen LogP contribution is -1.94. The van der Waals surface area contributed by atoms with E-state index in [0.717, 1.165) is 34.2 Å². The molecular formula is C25H20O. The Morgan fingerprint density at radius 3 is 1.69 bits per heavy atom. The molecule has 0 spiro atoms. The minimum Gasteiger partial charge on any atom is -0.507 e. The second-order valence-corrected chi connectivity index (χ2v) is 6.39. The van der Waals surface area contributed by atoms with Crippen LogP contribution in [0, 0.1) is 0 Å². The van der Waals surface area contributed by atoms with Crippen LogP contribution in [0.1, 0.15) is 11.1 Å². The van der Waals surface area contributed by atoms with Gasteiger partial charge in [-0.25, -0.2) is 0 Å². The fourth-order valence-corrected chi connectivity index (χ4v) is 3.37. The van der Waals surface area contributed by atoms with Gasteiger partial charge < -0.3 is 5.11 Å². The second kappa shape index (κ2) is 7.28. The van der Waals surface area contributed by atoms with E-state index >= 15 is 0 Å². The van der Waals surface area contributed by atoms with Gasteiger partial charge in [-0.15, -0.1) is 0 Å². The SMILES string of the molecule is Oc1c(-c2ccccc2)ccc(Cc2ccccc2)c1-c1ccccc1. The Labute approximate surface area is 154 Å². The van der Waals surface area contributed by atoms with Crippen molar-refractivity contribution >= 4 is 0 Å². The third-order valence-corrected chi connectivity index (χ3v) is 4.65. The zero-order chi connectivity index (χ0) is 17.8.